The van der Waals surface area contributed by atoms with Crippen LogP contribution in [0.4, 0.5) is 5.82 Å². The molecule has 0 fully saturated rings. The Kier molecular flexibility index (Phi) is 7.58. The quantitative estimate of drug-likeness (QED) is 0.359. The largest absolute Gasteiger partial charge is 0.494 e. The highest BCUT2D eigenvalue weighted by Gasteiger charge is 2.30. The first-order valence-corrected chi connectivity index (χ1v) is 11.5. The molecule has 2 aromatic carbocycles. The van der Waals surface area contributed by atoms with Crippen LogP contribution < -0.4 is 10.1 Å². The topological polar surface area (TPSA) is 80.7 Å². The first-order valence-electron chi connectivity index (χ1n) is 11.5. The van der Waals surface area contributed by atoms with Gasteiger partial charge in [0.05, 0.1) is 19.3 Å². The van der Waals surface area contributed by atoms with E-state index in [9.17, 15) is 9.90 Å². The maximum atomic E-state index is 12.6. The van der Waals surface area contributed by atoms with Gasteiger partial charge in [-0.15, -0.1) is 0 Å². The zero-order chi connectivity index (χ0) is 23.0. The number of benzene rings is 2. The van der Waals surface area contributed by atoms with Crippen LogP contribution >= 0.6 is 0 Å². The molecule has 1 aromatic heterocycles. The minimum Gasteiger partial charge on any atom is -0.494 e. The van der Waals surface area contributed by atoms with Crippen molar-refractivity contribution in [2.45, 2.75) is 38.2 Å². The van der Waals surface area contributed by atoms with Gasteiger partial charge in [-0.2, -0.15) is 0 Å². The number of anilines is 1. The molecule has 0 saturated carbocycles. The predicted molar refractivity (Wildman–Crippen MR) is 128 cm³/mol. The van der Waals surface area contributed by atoms with Crippen molar-refractivity contribution in [2.24, 2.45) is 0 Å². The number of fused-ring (bicyclic) bond motifs is 1. The average molecular weight is 447 g/mol. The highest BCUT2D eigenvalue weighted by atomic mass is 16.5. The van der Waals surface area contributed by atoms with Crippen LogP contribution in [0, 0.1) is 0 Å². The maximum absolute atomic E-state index is 12.6. The van der Waals surface area contributed by atoms with Crippen LogP contribution in [0.5, 0.6) is 5.75 Å². The second-order valence-electron chi connectivity index (χ2n) is 8.15. The van der Waals surface area contributed by atoms with Gasteiger partial charge in [0.2, 0.25) is 0 Å². The fourth-order valence-corrected chi connectivity index (χ4v) is 4.20. The fourth-order valence-electron chi connectivity index (χ4n) is 4.20. The number of rotatable bonds is 9. The first-order chi connectivity index (χ1) is 16.2. The van der Waals surface area contributed by atoms with E-state index in [2.05, 4.69) is 17.4 Å². The van der Waals surface area contributed by atoms with Gasteiger partial charge in [-0.3, -0.25) is 0 Å². The number of carbonyl (C=O) groups excluding carboxylic acids is 1. The molecule has 4 rings (SSSR count). The summed E-state index contributed by atoms with van der Waals surface area (Å²) in [7, 11) is 0. The van der Waals surface area contributed by atoms with E-state index in [1.54, 1.807) is 13.0 Å². The van der Waals surface area contributed by atoms with Crippen molar-refractivity contribution in [1.29, 1.82) is 0 Å². The van der Waals surface area contributed by atoms with Gasteiger partial charge >= 0.3 is 5.97 Å². The summed E-state index contributed by atoms with van der Waals surface area (Å²) in [5.74, 6) is 1.07. The van der Waals surface area contributed by atoms with Crippen molar-refractivity contribution in [2.75, 3.05) is 25.1 Å². The molecule has 0 bridgehead atoms. The molecule has 1 unspecified atom stereocenters. The van der Waals surface area contributed by atoms with Gasteiger partial charge in [-0.25, -0.2) is 9.78 Å². The van der Waals surface area contributed by atoms with Crippen LogP contribution in [0.15, 0.2) is 66.7 Å². The number of esters is 1. The number of carbonyl (C=O) groups is 1. The fraction of sp³-hybridized carbons (Fsp3) is 0.333. The Hall–Kier alpha value is -3.38. The van der Waals surface area contributed by atoms with E-state index in [1.165, 1.54) is 5.56 Å². The molecule has 172 valence electrons. The number of aliphatic hydroxyl groups excluding tert-OH is 1. The molecular weight excluding hydrogens is 416 g/mol. The van der Waals surface area contributed by atoms with E-state index in [-0.39, 0.29) is 12.5 Å². The number of aliphatic hydroxyl groups is 1. The molecule has 0 radical (unpaired) electrons. The smallest absolute Gasteiger partial charge is 0.341 e. The van der Waals surface area contributed by atoms with Crippen molar-refractivity contribution in [1.82, 2.24) is 4.98 Å². The van der Waals surface area contributed by atoms with Crippen molar-refractivity contribution >= 4 is 11.8 Å². The lowest BCUT2D eigenvalue weighted by Crippen LogP contribution is -2.22. The van der Waals surface area contributed by atoms with Gasteiger partial charge in [-0.05, 0) is 55.9 Å². The van der Waals surface area contributed by atoms with Crippen LogP contribution in [0.1, 0.15) is 59.0 Å². The Bertz CT molecular complexity index is 1060. The number of para-hydroxylation sites is 1. The Morgan fingerprint density at radius 3 is 2.58 bits per heavy atom. The van der Waals surface area contributed by atoms with Crippen molar-refractivity contribution < 1.29 is 19.4 Å². The zero-order valence-corrected chi connectivity index (χ0v) is 18.9. The summed E-state index contributed by atoms with van der Waals surface area (Å²) in [5.41, 5.74) is 3.07. The van der Waals surface area contributed by atoms with E-state index >= 15 is 0 Å². The van der Waals surface area contributed by atoms with Gasteiger partial charge < -0.3 is 19.9 Å². The van der Waals surface area contributed by atoms with Crippen LogP contribution in [-0.2, 0) is 11.2 Å². The average Bonchev–Trinajstić information content (AvgIpc) is 2.84. The molecule has 1 aliphatic rings. The summed E-state index contributed by atoms with van der Waals surface area (Å²) in [6.07, 6.45) is 1.38. The molecule has 33 heavy (non-hydrogen) atoms. The Morgan fingerprint density at radius 1 is 1.12 bits per heavy atom. The Balaban J connectivity index is 1.49. The van der Waals surface area contributed by atoms with Gasteiger partial charge in [0.1, 0.15) is 17.1 Å². The molecule has 1 aliphatic carbocycles. The molecule has 2 atom stereocenters. The number of nitrogens with one attached hydrogen (secondary N) is 1. The third-order valence-electron chi connectivity index (χ3n) is 5.83. The van der Waals surface area contributed by atoms with Gasteiger partial charge in [0.25, 0.3) is 0 Å². The number of hydrogen-bond acceptors (Lipinski definition) is 6. The normalized spacial score (nSPS) is 17.2. The van der Waals surface area contributed by atoms with Gasteiger partial charge in [0.15, 0.2) is 0 Å². The molecule has 6 nitrogen and oxygen atoms in total. The summed E-state index contributed by atoms with van der Waals surface area (Å²) < 4.78 is 11.0. The highest BCUT2D eigenvalue weighted by molar-refractivity contribution is 5.95. The lowest BCUT2D eigenvalue weighted by Gasteiger charge is -2.29. The molecule has 6 heteroatoms. The summed E-state index contributed by atoms with van der Waals surface area (Å²) in [6.45, 7) is 3.19. The summed E-state index contributed by atoms with van der Waals surface area (Å²) >= 11 is 0. The standard InChI is InChI=1S/C27H30N2O4/c1-2-32-27(31)23-18-22-24(16-20(17-25(22)30)19-10-5-3-6-11-19)29-26(23)28-14-9-15-33-21-12-7-4-8-13-21/h3-8,10-13,18,20,25,30H,2,9,14-17H2,1H3,(H,28,29)/t20?,25-/m0/s1. The Labute approximate surface area is 194 Å². The van der Waals surface area contributed by atoms with Gasteiger partial charge in [-0.1, -0.05) is 48.5 Å². The minimum absolute atomic E-state index is 0.182. The van der Waals surface area contributed by atoms with Crippen molar-refractivity contribution in [3.8, 4) is 5.75 Å². The minimum atomic E-state index is -0.673. The number of ether oxygens (including phenoxy) is 2. The summed E-state index contributed by atoms with van der Waals surface area (Å²) in [4.78, 5) is 17.4. The molecule has 0 saturated heterocycles. The second kappa shape index (κ2) is 11.0. The monoisotopic (exact) mass is 446 g/mol. The third kappa shape index (κ3) is 5.71. The number of aromatic nitrogens is 1. The summed E-state index contributed by atoms with van der Waals surface area (Å²) in [6, 6.07) is 21.6. The van der Waals surface area contributed by atoms with Crippen LogP contribution in [-0.4, -0.2) is 35.8 Å². The number of pyridine rings is 1. The molecule has 1 heterocycles. The van der Waals surface area contributed by atoms with E-state index in [0.717, 1.165) is 17.9 Å². The lowest BCUT2D eigenvalue weighted by molar-refractivity contribution is 0.0526. The highest BCUT2D eigenvalue weighted by Crippen LogP contribution is 2.39. The molecule has 2 N–H and O–H groups in total. The van der Waals surface area contributed by atoms with Crippen LogP contribution in [0.2, 0.25) is 0 Å². The van der Waals surface area contributed by atoms with E-state index < -0.39 is 12.1 Å². The van der Waals surface area contributed by atoms with E-state index in [4.69, 9.17) is 14.5 Å². The molecule has 0 aliphatic heterocycles. The second-order valence-corrected chi connectivity index (χ2v) is 8.15. The summed E-state index contributed by atoms with van der Waals surface area (Å²) in [5, 5.41) is 14.1. The third-order valence-corrected chi connectivity index (χ3v) is 5.83. The van der Waals surface area contributed by atoms with E-state index in [0.29, 0.717) is 42.9 Å². The predicted octanol–water partition coefficient (Wildman–Crippen LogP) is 4.90. The molecule has 0 spiro atoms. The lowest BCUT2D eigenvalue weighted by atomic mass is 9.80. The SMILES string of the molecule is CCOC(=O)c1cc2c(nc1NCCCOc1ccccc1)CC(c1ccccc1)C[C@@H]2O. The number of hydrogen-bond donors (Lipinski definition) is 2. The van der Waals surface area contributed by atoms with Crippen LogP contribution in [0.3, 0.4) is 0 Å². The van der Waals surface area contributed by atoms with E-state index in [1.807, 2.05) is 48.5 Å². The molecule has 3 aromatic rings. The Morgan fingerprint density at radius 2 is 1.85 bits per heavy atom. The van der Waals surface area contributed by atoms with Crippen molar-refractivity contribution in [3.63, 3.8) is 0 Å². The number of nitrogens with zero attached hydrogens (tertiary/aromatic N) is 1. The molecule has 0 amide bonds. The van der Waals surface area contributed by atoms with Crippen molar-refractivity contribution in [3.05, 3.63) is 89.1 Å². The van der Waals surface area contributed by atoms with Gasteiger partial charge in [0, 0.05) is 17.8 Å². The first kappa shape index (κ1) is 22.8. The van der Waals surface area contributed by atoms with Crippen LogP contribution in [0.25, 0.3) is 0 Å². The maximum Gasteiger partial charge on any atom is 0.341 e. The zero-order valence-electron chi connectivity index (χ0n) is 18.9. The molecular formula is C27H30N2O4.